The average molecular weight is 428 g/mol. The minimum atomic E-state index is -0.347. The second-order valence-electron chi connectivity index (χ2n) is 6.81. The first-order valence-electron chi connectivity index (χ1n) is 9.67. The van der Waals surface area contributed by atoms with Crippen LogP contribution in [-0.4, -0.2) is 43.2 Å². The average Bonchev–Trinajstić information content (AvgIpc) is 2.74. The predicted molar refractivity (Wildman–Crippen MR) is 119 cm³/mol. The first kappa shape index (κ1) is 21.5. The Kier molecular flexibility index (Phi) is 7.56. The normalized spacial score (nSPS) is 13.5. The lowest BCUT2D eigenvalue weighted by Gasteiger charge is -2.28. The number of rotatable bonds is 8. The van der Waals surface area contributed by atoms with Crippen LogP contribution in [0.5, 0.6) is 0 Å². The summed E-state index contributed by atoms with van der Waals surface area (Å²) in [4.78, 5) is 37.6. The van der Waals surface area contributed by atoms with E-state index in [0.717, 1.165) is 22.7 Å². The molecule has 1 heterocycles. The van der Waals surface area contributed by atoms with Crippen molar-refractivity contribution in [3.63, 3.8) is 0 Å². The van der Waals surface area contributed by atoms with E-state index in [2.05, 4.69) is 16.0 Å². The molecule has 5 N–H and O–H groups in total. The van der Waals surface area contributed by atoms with E-state index >= 15 is 0 Å². The molecule has 1 saturated heterocycles. The van der Waals surface area contributed by atoms with Crippen LogP contribution in [-0.2, 0) is 16.1 Å². The van der Waals surface area contributed by atoms with Crippen molar-refractivity contribution in [2.75, 3.05) is 35.6 Å². The molecule has 1 aliphatic heterocycles. The molecule has 0 aliphatic carbocycles. The Hall–Kier alpha value is -3.20. The molecule has 0 unspecified atom stereocenters. The number of amides is 4. The number of nitrogens with one attached hydrogen (secondary N) is 3. The van der Waals surface area contributed by atoms with Gasteiger partial charge in [0, 0.05) is 42.4 Å². The van der Waals surface area contributed by atoms with E-state index in [1.807, 2.05) is 53.4 Å². The van der Waals surface area contributed by atoms with Gasteiger partial charge in [-0.2, -0.15) is 0 Å². The number of hydrogen-bond donors (Lipinski definition) is 4. The SMILES string of the molecule is NC(=O)CCSc1ccccc1NC(=O)NCc1ccc(N2CCNC(=O)C2)cc1. The molecule has 2 aromatic rings. The summed E-state index contributed by atoms with van der Waals surface area (Å²) in [6.45, 7) is 2.16. The van der Waals surface area contributed by atoms with Crippen LogP contribution in [0.25, 0.3) is 0 Å². The van der Waals surface area contributed by atoms with Crippen molar-refractivity contribution in [1.82, 2.24) is 10.6 Å². The molecule has 0 aromatic heterocycles. The van der Waals surface area contributed by atoms with Crippen molar-refractivity contribution >= 4 is 41.0 Å². The molecule has 4 amide bonds. The Labute approximate surface area is 179 Å². The Balaban J connectivity index is 1.50. The van der Waals surface area contributed by atoms with Gasteiger partial charge >= 0.3 is 6.03 Å². The van der Waals surface area contributed by atoms with Crippen LogP contribution in [0.2, 0.25) is 0 Å². The van der Waals surface area contributed by atoms with Crippen LogP contribution >= 0.6 is 11.8 Å². The largest absolute Gasteiger partial charge is 0.370 e. The molecule has 158 valence electrons. The molecule has 0 bridgehead atoms. The van der Waals surface area contributed by atoms with Crippen LogP contribution in [0.15, 0.2) is 53.4 Å². The third-order valence-corrected chi connectivity index (χ3v) is 5.61. The molecule has 1 aliphatic rings. The molecule has 9 heteroatoms. The zero-order chi connectivity index (χ0) is 21.3. The van der Waals surface area contributed by atoms with Gasteiger partial charge in [-0.15, -0.1) is 11.8 Å². The molecular formula is C21H25N5O3S. The lowest BCUT2D eigenvalue weighted by molar-refractivity contribution is -0.120. The van der Waals surface area contributed by atoms with Gasteiger partial charge in [0.15, 0.2) is 0 Å². The van der Waals surface area contributed by atoms with E-state index in [1.54, 1.807) is 0 Å². The second kappa shape index (κ2) is 10.5. The number of para-hydroxylation sites is 1. The fourth-order valence-electron chi connectivity index (χ4n) is 2.99. The maximum absolute atomic E-state index is 12.3. The van der Waals surface area contributed by atoms with Crippen LogP contribution in [0.3, 0.4) is 0 Å². The Morgan fingerprint density at radius 3 is 2.63 bits per heavy atom. The highest BCUT2D eigenvalue weighted by Gasteiger charge is 2.16. The van der Waals surface area contributed by atoms with E-state index in [1.165, 1.54) is 11.8 Å². The quantitative estimate of drug-likeness (QED) is 0.480. The summed E-state index contributed by atoms with van der Waals surface area (Å²) in [5, 5.41) is 8.50. The summed E-state index contributed by atoms with van der Waals surface area (Å²) < 4.78 is 0. The van der Waals surface area contributed by atoms with E-state index in [9.17, 15) is 14.4 Å². The number of urea groups is 1. The Morgan fingerprint density at radius 1 is 1.13 bits per heavy atom. The van der Waals surface area contributed by atoms with Crippen molar-refractivity contribution in [3.8, 4) is 0 Å². The minimum absolute atomic E-state index is 0.0248. The highest BCUT2D eigenvalue weighted by Crippen LogP contribution is 2.27. The number of piperazine rings is 1. The summed E-state index contributed by atoms with van der Waals surface area (Å²) in [5.41, 5.74) is 7.80. The monoisotopic (exact) mass is 427 g/mol. The summed E-state index contributed by atoms with van der Waals surface area (Å²) >= 11 is 1.47. The number of nitrogens with zero attached hydrogens (tertiary/aromatic N) is 1. The van der Waals surface area contributed by atoms with Gasteiger partial charge in [0.25, 0.3) is 0 Å². The van der Waals surface area contributed by atoms with Crippen LogP contribution < -0.4 is 26.6 Å². The van der Waals surface area contributed by atoms with Gasteiger partial charge in [0.2, 0.25) is 11.8 Å². The number of benzene rings is 2. The number of anilines is 2. The molecule has 3 rings (SSSR count). The molecule has 0 spiro atoms. The van der Waals surface area contributed by atoms with Crippen molar-refractivity contribution in [3.05, 3.63) is 54.1 Å². The number of nitrogens with two attached hydrogens (primary N) is 1. The van der Waals surface area contributed by atoms with Crippen LogP contribution in [0, 0.1) is 0 Å². The Bertz CT molecular complexity index is 904. The number of carbonyl (C=O) groups is 3. The fourth-order valence-corrected chi connectivity index (χ4v) is 3.96. The molecule has 1 fully saturated rings. The zero-order valence-electron chi connectivity index (χ0n) is 16.5. The van der Waals surface area contributed by atoms with Crippen molar-refractivity contribution < 1.29 is 14.4 Å². The van der Waals surface area contributed by atoms with Gasteiger partial charge in [-0.05, 0) is 29.8 Å². The van der Waals surface area contributed by atoms with Crippen molar-refractivity contribution in [2.45, 2.75) is 17.9 Å². The third-order valence-electron chi connectivity index (χ3n) is 4.53. The van der Waals surface area contributed by atoms with Gasteiger partial charge in [-0.3, -0.25) is 9.59 Å². The maximum Gasteiger partial charge on any atom is 0.319 e. The predicted octanol–water partition coefficient (Wildman–Crippen LogP) is 1.91. The van der Waals surface area contributed by atoms with Crippen molar-refractivity contribution in [2.24, 2.45) is 5.73 Å². The molecule has 0 atom stereocenters. The number of hydrogen-bond acceptors (Lipinski definition) is 5. The molecule has 30 heavy (non-hydrogen) atoms. The first-order valence-corrected chi connectivity index (χ1v) is 10.7. The molecular weight excluding hydrogens is 402 g/mol. The van der Waals surface area contributed by atoms with Gasteiger partial charge in [-0.25, -0.2) is 4.79 Å². The minimum Gasteiger partial charge on any atom is -0.370 e. The summed E-state index contributed by atoms with van der Waals surface area (Å²) in [7, 11) is 0. The number of primary amides is 1. The van der Waals surface area contributed by atoms with Gasteiger partial charge < -0.3 is 26.6 Å². The standard InChI is InChI=1S/C21H25N5O3S/c22-19(27)9-12-30-18-4-2-1-3-17(18)25-21(29)24-13-15-5-7-16(8-6-15)26-11-10-23-20(28)14-26/h1-8H,9-14H2,(H2,22,27)(H,23,28)(H2,24,25,29). The number of carbonyl (C=O) groups excluding carboxylic acids is 3. The molecule has 0 saturated carbocycles. The molecule has 8 nitrogen and oxygen atoms in total. The highest BCUT2D eigenvalue weighted by molar-refractivity contribution is 7.99. The lowest BCUT2D eigenvalue weighted by atomic mass is 10.2. The summed E-state index contributed by atoms with van der Waals surface area (Å²) in [5.74, 6) is 0.234. The summed E-state index contributed by atoms with van der Waals surface area (Å²) in [6.07, 6.45) is 0.281. The topological polar surface area (TPSA) is 117 Å². The Morgan fingerprint density at radius 2 is 1.90 bits per heavy atom. The van der Waals surface area contributed by atoms with E-state index in [4.69, 9.17) is 5.73 Å². The highest BCUT2D eigenvalue weighted by atomic mass is 32.2. The van der Waals surface area contributed by atoms with Crippen molar-refractivity contribution in [1.29, 1.82) is 0 Å². The van der Waals surface area contributed by atoms with E-state index in [-0.39, 0.29) is 24.3 Å². The summed E-state index contributed by atoms with van der Waals surface area (Å²) in [6, 6.07) is 14.9. The smallest absolute Gasteiger partial charge is 0.319 e. The maximum atomic E-state index is 12.3. The van der Waals surface area contributed by atoms with E-state index < -0.39 is 0 Å². The van der Waals surface area contributed by atoms with Crippen LogP contribution in [0.1, 0.15) is 12.0 Å². The van der Waals surface area contributed by atoms with Gasteiger partial charge in [0.1, 0.15) is 0 Å². The zero-order valence-corrected chi connectivity index (χ0v) is 17.3. The van der Waals surface area contributed by atoms with Crippen LogP contribution in [0.4, 0.5) is 16.2 Å². The number of thioether (sulfide) groups is 1. The first-order chi connectivity index (χ1) is 14.5. The molecule has 0 radical (unpaired) electrons. The third kappa shape index (κ3) is 6.41. The van der Waals surface area contributed by atoms with Gasteiger partial charge in [-0.1, -0.05) is 24.3 Å². The lowest BCUT2D eigenvalue weighted by Crippen LogP contribution is -2.47. The second-order valence-corrected chi connectivity index (χ2v) is 7.94. The fraction of sp³-hybridized carbons (Fsp3) is 0.286. The van der Waals surface area contributed by atoms with E-state index in [0.29, 0.717) is 31.1 Å². The van der Waals surface area contributed by atoms with Gasteiger partial charge in [0.05, 0.1) is 12.2 Å². The molecule has 2 aromatic carbocycles.